The Kier molecular flexibility index (Phi) is 6.79. The van der Waals surface area contributed by atoms with Crippen LogP contribution < -0.4 is 15.8 Å². The second-order valence-electron chi connectivity index (χ2n) is 9.62. The lowest BCUT2D eigenvalue weighted by molar-refractivity contribution is 0.313. The smallest absolute Gasteiger partial charge is 0.278 e. The lowest BCUT2D eigenvalue weighted by Gasteiger charge is -2.34. The number of pyridine rings is 2. The molecule has 0 unspecified atom stereocenters. The average Bonchev–Trinajstić information content (AvgIpc) is 3.24. The molecule has 1 aliphatic heterocycles. The molecule has 4 aromatic heterocycles. The van der Waals surface area contributed by atoms with Crippen LogP contribution in [0.15, 0.2) is 84.4 Å². The fourth-order valence-corrected chi connectivity index (χ4v) is 4.79. The van der Waals surface area contributed by atoms with E-state index in [0.29, 0.717) is 34.2 Å². The van der Waals surface area contributed by atoms with Crippen molar-refractivity contribution in [2.24, 2.45) is 0 Å². The molecule has 0 radical (unpaired) electrons. The van der Waals surface area contributed by atoms with E-state index in [1.54, 1.807) is 29.0 Å². The van der Waals surface area contributed by atoms with Gasteiger partial charge in [-0.15, -0.1) is 6.58 Å². The maximum atomic E-state index is 13.8. The van der Waals surface area contributed by atoms with Gasteiger partial charge in [-0.2, -0.15) is 4.98 Å². The summed E-state index contributed by atoms with van der Waals surface area (Å²) in [5.41, 5.74) is 2.96. The first kappa shape index (κ1) is 25.4. The SMILES string of the molecule is C=CCn1c(=O)c2cnc(Nc3ccc(N4CCN(C)CC4)cc3)nc2n1-c1cccc(-c2cc(F)ccn2)n1. The molecule has 0 spiro atoms. The van der Waals surface area contributed by atoms with Crippen LogP contribution in [0.5, 0.6) is 0 Å². The van der Waals surface area contributed by atoms with Crippen LogP contribution in [0.4, 0.5) is 21.7 Å². The lowest BCUT2D eigenvalue weighted by atomic mass is 10.2. The summed E-state index contributed by atoms with van der Waals surface area (Å²) in [6, 6.07) is 16.0. The number of halogens is 1. The van der Waals surface area contributed by atoms with E-state index in [9.17, 15) is 9.18 Å². The van der Waals surface area contributed by atoms with E-state index >= 15 is 0 Å². The van der Waals surface area contributed by atoms with Crippen LogP contribution in [0.3, 0.4) is 0 Å². The van der Waals surface area contributed by atoms with E-state index in [2.05, 4.69) is 55.8 Å². The lowest BCUT2D eigenvalue weighted by Crippen LogP contribution is -2.44. The molecule has 40 heavy (non-hydrogen) atoms. The Bertz CT molecular complexity index is 1740. The number of allylic oxidation sites excluding steroid dienone is 1. The van der Waals surface area contributed by atoms with Crippen LogP contribution >= 0.6 is 0 Å². The highest BCUT2D eigenvalue weighted by Crippen LogP contribution is 2.23. The topological polar surface area (TPSA) is 97.0 Å². The summed E-state index contributed by atoms with van der Waals surface area (Å²) in [5, 5.41) is 3.59. The summed E-state index contributed by atoms with van der Waals surface area (Å²) in [7, 11) is 2.14. The van der Waals surface area contributed by atoms with Gasteiger partial charge in [0.1, 0.15) is 11.2 Å². The number of hydrogen-bond donors (Lipinski definition) is 1. The maximum absolute atomic E-state index is 13.8. The molecule has 6 rings (SSSR count). The van der Waals surface area contributed by atoms with Crippen LogP contribution in [0.25, 0.3) is 28.2 Å². The molecule has 0 saturated carbocycles. The van der Waals surface area contributed by atoms with Gasteiger partial charge in [-0.05, 0) is 49.5 Å². The minimum atomic E-state index is -0.410. The largest absolute Gasteiger partial charge is 0.369 e. The summed E-state index contributed by atoms with van der Waals surface area (Å²) < 4.78 is 17.0. The zero-order chi connectivity index (χ0) is 27.6. The van der Waals surface area contributed by atoms with Gasteiger partial charge in [0.05, 0.1) is 17.9 Å². The van der Waals surface area contributed by atoms with Crippen LogP contribution in [0.1, 0.15) is 0 Å². The fourth-order valence-electron chi connectivity index (χ4n) is 4.79. The number of aromatic nitrogens is 6. The molecule has 1 N–H and O–H groups in total. The Labute approximate surface area is 230 Å². The predicted molar refractivity (Wildman–Crippen MR) is 154 cm³/mol. The summed E-state index contributed by atoms with van der Waals surface area (Å²) in [6.07, 6.45) is 4.53. The minimum Gasteiger partial charge on any atom is -0.369 e. The number of rotatable bonds is 7. The van der Waals surface area contributed by atoms with Gasteiger partial charge >= 0.3 is 0 Å². The highest BCUT2D eigenvalue weighted by molar-refractivity contribution is 5.77. The number of piperazine rings is 1. The van der Waals surface area contributed by atoms with Crippen LogP contribution in [0.2, 0.25) is 0 Å². The van der Waals surface area contributed by atoms with Crippen molar-refractivity contribution < 1.29 is 4.39 Å². The van der Waals surface area contributed by atoms with Crippen molar-refractivity contribution in [2.75, 3.05) is 43.4 Å². The molecule has 1 aliphatic rings. The van der Waals surface area contributed by atoms with Gasteiger partial charge in [-0.25, -0.2) is 23.7 Å². The fraction of sp³-hybridized carbons (Fsp3) is 0.207. The molecular formula is C29H28FN9O. The monoisotopic (exact) mass is 537 g/mol. The van der Waals surface area contributed by atoms with E-state index in [-0.39, 0.29) is 12.1 Å². The Morgan fingerprint density at radius 2 is 1.80 bits per heavy atom. The van der Waals surface area contributed by atoms with Gasteiger partial charge in [0, 0.05) is 56.0 Å². The molecule has 0 amide bonds. The van der Waals surface area contributed by atoms with Crippen molar-refractivity contribution in [3.8, 4) is 17.2 Å². The Morgan fingerprint density at radius 3 is 2.55 bits per heavy atom. The number of anilines is 3. The molecule has 0 bridgehead atoms. The van der Waals surface area contributed by atoms with Crippen molar-refractivity contribution in [2.45, 2.75) is 6.54 Å². The van der Waals surface area contributed by atoms with E-state index < -0.39 is 5.82 Å². The van der Waals surface area contributed by atoms with Gasteiger partial charge < -0.3 is 15.1 Å². The number of nitrogens with zero attached hydrogens (tertiary/aromatic N) is 8. The molecule has 202 valence electrons. The third-order valence-corrected chi connectivity index (χ3v) is 6.91. The van der Waals surface area contributed by atoms with Crippen LogP contribution in [0, 0.1) is 5.82 Å². The summed E-state index contributed by atoms with van der Waals surface area (Å²) >= 11 is 0. The summed E-state index contributed by atoms with van der Waals surface area (Å²) in [5.74, 6) is 0.359. The van der Waals surface area contributed by atoms with E-state index in [1.807, 2.05) is 12.1 Å². The van der Waals surface area contributed by atoms with Crippen molar-refractivity contribution in [1.29, 1.82) is 0 Å². The average molecular weight is 538 g/mol. The molecule has 10 nitrogen and oxygen atoms in total. The zero-order valence-corrected chi connectivity index (χ0v) is 22.0. The van der Waals surface area contributed by atoms with Crippen molar-refractivity contribution in [3.63, 3.8) is 0 Å². The maximum Gasteiger partial charge on any atom is 0.278 e. The number of nitrogens with one attached hydrogen (secondary N) is 1. The van der Waals surface area contributed by atoms with Crippen LogP contribution in [-0.4, -0.2) is 67.4 Å². The van der Waals surface area contributed by atoms with E-state index in [1.165, 1.54) is 34.9 Å². The third kappa shape index (κ3) is 4.94. The summed E-state index contributed by atoms with van der Waals surface area (Å²) in [6.45, 7) is 8.09. The second kappa shape index (κ2) is 10.7. The zero-order valence-electron chi connectivity index (χ0n) is 22.0. The number of benzene rings is 1. The van der Waals surface area contributed by atoms with Gasteiger partial charge in [0.25, 0.3) is 5.56 Å². The number of likely N-dealkylation sites (N-methyl/N-ethyl adjacent to an activating group) is 1. The predicted octanol–water partition coefficient (Wildman–Crippen LogP) is 3.86. The first-order valence-electron chi connectivity index (χ1n) is 13.0. The number of fused-ring (bicyclic) bond motifs is 1. The standard InChI is InChI=1S/C29H28FN9O/c1-3-13-38-28(40)23-19-32-29(33-21-7-9-22(10-8-21)37-16-14-36(2)15-17-37)35-27(23)39(38)26-6-4-5-24(34-26)25-18-20(30)11-12-31-25/h3-12,18-19H,1,13-17H2,2H3,(H,32,33,35). The first-order valence-corrected chi connectivity index (χ1v) is 13.0. The van der Waals surface area contributed by atoms with Gasteiger partial charge in [0.15, 0.2) is 11.5 Å². The Morgan fingerprint density at radius 1 is 1.00 bits per heavy atom. The normalized spacial score (nSPS) is 14.0. The Hall–Kier alpha value is -4.90. The van der Waals surface area contributed by atoms with Crippen molar-refractivity contribution in [3.05, 3.63) is 95.8 Å². The minimum absolute atomic E-state index is 0.232. The number of hydrogen-bond acceptors (Lipinski definition) is 8. The molecule has 1 saturated heterocycles. The van der Waals surface area contributed by atoms with Gasteiger partial charge in [0.2, 0.25) is 5.95 Å². The molecule has 0 aliphatic carbocycles. The molecule has 0 atom stereocenters. The molecular weight excluding hydrogens is 509 g/mol. The van der Waals surface area contributed by atoms with Crippen molar-refractivity contribution >= 4 is 28.4 Å². The second-order valence-corrected chi connectivity index (χ2v) is 9.62. The molecule has 1 fully saturated rings. The molecule has 5 heterocycles. The van der Waals surface area contributed by atoms with E-state index in [0.717, 1.165) is 31.9 Å². The van der Waals surface area contributed by atoms with Crippen molar-refractivity contribution in [1.82, 2.24) is 34.2 Å². The Balaban J connectivity index is 1.35. The quantitative estimate of drug-likeness (QED) is 0.313. The molecule has 11 heteroatoms. The first-order chi connectivity index (χ1) is 19.5. The molecule has 1 aromatic carbocycles. The van der Waals surface area contributed by atoms with Crippen LogP contribution in [-0.2, 0) is 6.54 Å². The highest BCUT2D eigenvalue weighted by Gasteiger charge is 2.19. The molecule has 5 aromatic rings. The van der Waals surface area contributed by atoms with Gasteiger partial charge in [-0.1, -0.05) is 12.1 Å². The van der Waals surface area contributed by atoms with Gasteiger partial charge in [-0.3, -0.25) is 9.78 Å². The van der Waals surface area contributed by atoms with E-state index in [4.69, 9.17) is 4.98 Å². The third-order valence-electron chi connectivity index (χ3n) is 6.91. The highest BCUT2D eigenvalue weighted by atomic mass is 19.1. The summed E-state index contributed by atoms with van der Waals surface area (Å²) in [4.78, 5) is 36.0.